The van der Waals surface area contributed by atoms with E-state index in [-0.39, 0.29) is 18.5 Å². The fraction of sp³-hybridized carbons (Fsp3) is 0.417. The van der Waals surface area contributed by atoms with Crippen LogP contribution < -0.4 is 0 Å². The summed E-state index contributed by atoms with van der Waals surface area (Å²) < 4.78 is 5.19. The van der Waals surface area contributed by atoms with Gasteiger partial charge in [0, 0.05) is 10.6 Å². The minimum atomic E-state index is -0.0823. The highest BCUT2D eigenvalue weighted by Crippen LogP contribution is 2.28. The van der Waals surface area contributed by atoms with Crippen molar-refractivity contribution in [2.45, 2.75) is 25.9 Å². The molecule has 0 bridgehead atoms. The number of ether oxygens (including phenoxy) is 1. The van der Waals surface area contributed by atoms with Crippen molar-refractivity contribution < 1.29 is 9.53 Å². The van der Waals surface area contributed by atoms with Crippen molar-refractivity contribution in [3.8, 4) is 0 Å². The van der Waals surface area contributed by atoms with Crippen molar-refractivity contribution in [3.63, 3.8) is 0 Å². The van der Waals surface area contributed by atoms with Crippen molar-refractivity contribution in [1.29, 1.82) is 0 Å². The second-order valence-corrected chi connectivity index (χ2v) is 4.23. The molecule has 1 fully saturated rings. The maximum Gasteiger partial charge on any atom is 0.309 e. The zero-order valence-corrected chi connectivity index (χ0v) is 9.17. The molecule has 1 saturated carbocycles. The van der Waals surface area contributed by atoms with E-state index in [1.807, 2.05) is 18.2 Å². The minimum absolute atomic E-state index is 0.0823. The normalized spacial score (nSPS) is 15.8. The van der Waals surface area contributed by atoms with Gasteiger partial charge in [-0.25, -0.2) is 0 Å². The van der Waals surface area contributed by atoms with Crippen LogP contribution in [0.2, 0.25) is 5.02 Å². The number of esters is 1. The molecule has 0 heterocycles. The summed E-state index contributed by atoms with van der Waals surface area (Å²) in [5.41, 5.74) is 0.867. The molecule has 0 radical (unpaired) electrons. The van der Waals surface area contributed by atoms with Crippen LogP contribution in [0.1, 0.15) is 24.8 Å². The van der Waals surface area contributed by atoms with Gasteiger partial charge >= 0.3 is 5.97 Å². The molecular weight excluding hydrogens is 212 g/mol. The van der Waals surface area contributed by atoms with Crippen LogP contribution in [0, 0.1) is 5.92 Å². The van der Waals surface area contributed by atoms with E-state index in [0.717, 1.165) is 24.8 Å². The topological polar surface area (TPSA) is 26.3 Å². The van der Waals surface area contributed by atoms with Gasteiger partial charge in [-0.05, 0) is 18.9 Å². The Hall–Kier alpha value is -1.02. The van der Waals surface area contributed by atoms with E-state index in [4.69, 9.17) is 16.3 Å². The van der Waals surface area contributed by atoms with Crippen LogP contribution in [-0.4, -0.2) is 5.97 Å². The largest absolute Gasteiger partial charge is 0.461 e. The molecule has 0 aromatic heterocycles. The summed E-state index contributed by atoms with van der Waals surface area (Å²) in [5, 5.41) is 0.652. The number of benzene rings is 1. The first-order valence-corrected chi connectivity index (χ1v) is 5.55. The molecule has 0 amide bonds. The van der Waals surface area contributed by atoms with Gasteiger partial charge in [-0.15, -0.1) is 0 Å². The van der Waals surface area contributed by atoms with Gasteiger partial charge in [-0.1, -0.05) is 36.2 Å². The Morgan fingerprint density at radius 1 is 1.40 bits per heavy atom. The fourth-order valence-electron chi connectivity index (χ4n) is 1.53. The third-order valence-corrected chi connectivity index (χ3v) is 3.14. The molecule has 1 aromatic rings. The van der Waals surface area contributed by atoms with Crippen LogP contribution >= 0.6 is 11.6 Å². The number of carbonyl (C=O) groups excluding carboxylic acids is 1. The van der Waals surface area contributed by atoms with Gasteiger partial charge in [0.1, 0.15) is 6.61 Å². The number of rotatable bonds is 3. The molecule has 2 nitrogen and oxygen atoms in total. The first kappa shape index (κ1) is 10.5. The zero-order valence-electron chi connectivity index (χ0n) is 8.41. The molecule has 80 valence electrons. The summed E-state index contributed by atoms with van der Waals surface area (Å²) in [6.07, 6.45) is 3.09. The molecule has 3 heteroatoms. The molecule has 0 atom stereocenters. The predicted molar refractivity (Wildman–Crippen MR) is 58.6 cm³/mol. The second kappa shape index (κ2) is 4.67. The molecule has 0 unspecified atom stereocenters. The Morgan fingerprint density at radius 3 is 2.73 bits per heavy atom. The standard InChI is InChI=1S/C12H13ClO2/c13-11-7-2-1-4-10(11)8-15-12(14)9-5-3-6-9/h1-2,4,7,9H,3,5-6,8H2. The molecule has 0 aliphatic heterocycles. The first-order valence-electron chi connectivity index (χ1n) is 5.17. The van der Waals surface area contributed by atoms with E-state index in [2.05, 4.69) is 0 Å². The summed E-state index contributed by atoms with van der Waals surface area (Å²) in [5.74, 6) is 0.0497. The fourth-order valence-corrected chi connectivity index (χ4v) is 1.72. The SMILES string of the molecule is O=C(OCc1ccccc1Cl)C1CCC1. The highest BCUT2D eigenvalue weighted by Gasteiger charge is 2.26. The Bertz CT molecular complexity index is 358. The molecule has 2 rings (SSSR count). The summed E-state index contributed by atoms with van der Waals surface area (Å²) in [6, 6.07) is 7.42. The van der Waals surface area contributed by atoms with Gasteiger partial charge in [-0.2, -0.15) is 0 Å². The van der Waals surface area contributed by atoms with Gasteiger partial charge in [0.2, 0.25) is 0 Å². The lowest BCUT2D eigenvalue weighted by atomic mass is 9.86. The molecule has 15 heavy (non-hydrogen) atoms. The van der Waals surface area contributed by atoms with Gasteiger partial charge in [0.25, 0.3) is 0 Å². The third-order valence-electron chi connectivity index (χ3n) is 2.77. The maximum atomic E-state index is 11.4. The van der Waals surface area contributed by atoms with E-state index < -0.39 is 0 Å². The second-order valence-electron chi connectivity index (χ2n) is 3.83. The maximum absolute atomic E-state index is 11.4. The van der Waals surface area contributed by atoms with Gasteiger partial charge < -0.3 is 4.74 Å². The van der Waals surface area contributed by atoms with Crippen LogP contribution in [0.4, 0.5) is 0 Å². The van der Waals surface area contributed by atoms with Crippen molar-refractivity contribution in [2.24, 2.45) is 5.92 Å². The third kappa shape index (κ3) is 2.51. The van der Waals surface area contributed by atoms with Gasteiger partial charge in [0.15, 0.2) is 0 Å². The van der Waals surface area contributed by atoms with Crippen LogP contribution in [0.25, 0.3) is 0 Å². The minimum Gasteiger partial charge on any atom is -0.461 e. The Kier molecular flexibility index (Phi) is 3.27. The highest BCUT2D eigenvalue weighted by atomic mass is 35.5. The number of carbonyl (C=O) groups is 1. The average molecular weight is 225 g/mol. The molecule has 1 aliphatic carbocycles. The van der Waals surface area contributed by atoms with E-state index in [9.17, 15) is 4.79 Å². The molecule has 1 aromatic carbocycles. The van der Waals surface area contributed by atoms with Crippen molar-refractivity contribution in [1.82, 2.24) is 0 Å². The quantitative estimate of drug-likeness (QED) is 0.738. The van der Waals surface area contributed by atoms with Crippen LogP contribution in [0.15, 0.2) is 24.3 Å². The number of halogens is 1. The Morgan fingerprint density at radius 2 is 2.13 bits per heavy atom. The van der Waals surface area contributed by atoms with Gasteiger partial charge in [-0.3, -0.25) is 4.79 Å². The Labute approximate surface area is 94.2 Å². The van der Waals surface area contributed by atoms with Crippen LogP contribution in [-0.2, 0) is 16.1 Å². The monoisotopic (exact) mass is 224 g/mol. The number of hydrogen-bond donors (Lipinski definition) is 0. The first-order chi connectivity index (χ1) is 7.27. The lowest BCUT2D eigenvalue weighted by molar-refractivity contribution is -0.152. The van der Waals surface area contributed by atoms with Crippen LogP contribution in [0.5, 0.6) is 0 Å². The van der Waals surface area contributed by atoms with Crippen molar-refractivity contribution in [3.05, 3.63) is 34.9 Å². The summed E-state index contributed by atoms with van der Waals surface area (Å²) in [6.45, 7) is 0.287. The summed E-state index contributed by atoms with van der Waals surface area (Å²) >= 11 is 5.94. The summed E-state index contributed by atoms with van der Waals surface area (Å²) in [4.78, 5) is 11.4. The lowest BCUT2D eigenvalue weighted by Gasteiger charge is -2.23. The summed E-state index contributed by atoms with van der Waals surface area (Å²) in [7, 11) is 0. The van der Waals surface area contributed by atoms with E-state index >= 15 is 0 Å². The molecule has 1 aliphatic rings. The molecule has 0 spiro atoms. The highest BCUT2D eigenvalue weighted by molar-refractivity contribution is 6.31. The Balaban J connectivity index is 1.87. The average Bonchev–Trinajstić information content (AvgIpc) is 2.14. The van der Waals surface area contributed by atoms with E-state index in [1.165, 1.54) is 0 Å². The lowest BCUT2D eigenvalue weighted by Crippen LogP contribution is -2.23. The molecular formula is C12H13ClO2. The van der Waals surface area contributed by atoms with E-state index in [0.29, 0.717) is 5.02 Å². The van der Waals surface area contributed by atoms with Crippen LogP contribution in [0.3, 0.4) is 0 Å². The molecule has 0 N–H and O–H groups in total. The van der Waals surface area contributed by atoms with Gasteiger partial charge in [0.05, 0.1) is 5.92 Å². The molecule has 0 saturated heterocycles. The smallest absolute Gasteiger partial charge is 0.309 e. The zero-order chi connectivity index (χ0) is 10.7. The number of hydrogen-bond acceptors (Lipinski definition) is 2. The van der Waals surface area contributed by atoms with Crippen molar-refractivity contribution in [2.75, 3.05) is 0 Å². The van der Waals surface area contributed by atoms with E-state index in [1.54, 1.807) is 6.07 Å². The van der Waals surface area contributed by atoms with Crippen molar-refractivity contribution >= 4 is 17.6 Å². The predicted octanol–water partition coefficient (Wildman–Crippen LogP) is 3.18.